The van der Waals surface area contributed by atoms with Crippen molar-refractivity contribution in [1.29, 1.82) is 0 Å². The molecule has 26 heavy (non-hydrogen) atoms. The van der Waals surface area contributed by atoms with Crippen LogP contribution in [0.25, 0.3) is 0 Å². The first-order valence-electron chi connectivity index (χ1n) is 8.86. The first-order chi connectivity index (χ1) is 12.7. The number of hydrogen-bond acceptors (Lipinski definition) is 5. The highest BCUT2D eigenvalue weighted by molar-refractivity contribution is 5.90. The summed E-state index contributed by atoms with van der Waals surface area (Å²) in [4.78, 5) is 25.1. The molecule has 6 heteroatoms. The van der Waals surface area contributed by atoms with Crippen LogP contribution in [0.1, 0.15) is 54.3 Å². The van der Waals surface area contributed by atoms with Crippen molar-refractivity contribution in [1.82, 2.24) is 5.32 Å². The van der Waals surface area contributed by atoms with Crippen LogP contribution in [-0.4, -0.2) is 25.0 Å². The summed E-state index contributed by atoms with van der Waals surface area (Å²) in [6.45, 7) is 0. The summed E-state index contributed by atoms with van der Waals surface area (Å²) in [5.74, 6) is -0.261. The third kappa shape index (κ3) is 4.45. The Morgan fingerprint density at radius 2 is 1.85 bits per heavy atom. The number of methoxy groups -OCH3 is 1. The number of hydrogen-bond donors (Lipinski definition) is 1. The minimum absolute atomic E-state index is 0.0639. The van der Waals surface area contributed by atoms with Gasteiger partial charge in [0.15, 0.2) is 0 Å². The van der Waals surface area contributed by atoms with Crippen molar-refractivity contribution in [3.05, 3.63) is 54.0 Å². The number of carbonyl (C=O) groups excluding carboxylic acids is 2. The highest BCUT2D eigenvalue weighted by Crippen LogP contribution is 2.24. The largest absolute Gasteiger partial charge is 0.497 e. The SMILES string of the molecule is COc1ccc([C@@H](OC(=O)c2ccco2)C(=O)NC2CCCCC2)cc1. The Balaban J connectivity index is 1.77. The predicted molar refractivity (Wildman–Crippen MR) is 94.9 cm³/mol. The van der Waals surface area contributed by atoms with Gasteiger partial charge in [-0.3, -0.25) is 4.79 Å². The zero-order valence-corrected chi connectivity index (χ0v) is 14.8. The second kappa shape index (κ2) is 8.56. The number of amides is 1. The Bertz CT molecular complexity index is 717. The van der Waals surface area contributed by atoms with Gasteiger partial charge >= 0.3 is 5.97 Å². The molecule has 138 valence electrons. The molecule has 0 bridgehead atoms. The number of esters is 1. The average Bonchev–Trinajstić information content (AvgIpc) is 3.22. The first kappa shape index (κ1) is 18.0. The molecule has 0 unspecified atom stereocenters. The number of carbonyl (C=O) groups is 2. The van der Waals surface area contributed by atoms with Crippen LogP contribution in [-0.2, 0) is 9.53 Å². The maximum Gasteiger partial charge on any atom is 0.375 e. The second-order valence-corrected chi connectivity index (χ2v) is 6.38. The number of nitrogens with one attached hydrogen (secondary N) is 1. The Hall–Kier alpha value is -2.76. The molecular weight excluding hydrogens is 334 g/mol. The Kier molecular flexibility index (Phi) is 5.94. The number of ether oxygens (including phenoxy) is 2. The zero-order chi connectivity index (χ0) is 18.4. The fourth-order valence-corrected chi connectivity index (χ4v) is 3.14. The molecule has 1 heterocycles. The lowest BCUT2D eigenvalue weighted by Crippen LogP contribution is -2.40. The molecule has 1 atom stereocenters. The maximum absolute atomic E-state index is 12.8. The van der Waals surface area contributed by atoms with Crippen molar-refractivity contribution < 1.29 is 23.5 Å². The van der Waals surface area contributed by atoms with Gasteiger partial charge in [-0.1, -0.05) is 31.4 Å². The van der Waals surface area contributed by atoms with Crippen LogP contribution in [0.3, 0.4) is 0 Å². The van der Waals surface area contributed by atoms with E-state index in [0.29, 0.717) is 11.3 Å². The summed E-state index contributed by atoms with van der Waals surface area (Å²) in [7, 11) is 1.57. The smallest absolute Gasteiger partial charge is 0.375 e. The molecule has 1 aliphatic carbocycles. The summed E-state index contributed by atoms with van der Waals surface area (Å²) in [6, 6.07) is 10.1. The number of furan rings is 1. The third-order valence-corrected chi connectivity index (χ3v) is 4.56. The van der Waals surface area contributed by atoms with Crippen LogP contribution in [0.4, 0.5) is 0 Å². The molecule has 6 nitrogen and oxygen atoms in total. The van der Waals surface area contributed by atoms with E-state index in [4.69, 9.17) is 13.9 Å². The fourth-order valence-electron chi connectivity index (χ4n) is 3.14. The normalized spacial score (nSPS) is 15.9. The Morgan fingerprint density at radius 3 is 2.46 bits per heavy atom. The Morgan fingerprint density at radius 1 is 1.12 bits per heavy atom. The van der Waals surface area contributed by atoms with Gasteiger partial charge in [-0.05, 0) is 37.1 Å². The van der Waals surface area contributed by atoms with Crippen LogP contribution in [0, 0.1) is 0 Å². The van der Waals surface area contributed by atoms with Crippen LogP contribution in [0.15, 0.2) is 47.1 Å². The van der Waals surface area contributed by atoms with Crippen molar-refractivity contribution in [3.8, 4) is 5.75 Å². The van der Waals surface area contributed by atoms with E-state index in [1.807, 2.05) is 0 Å². The first-order valence-corrected chi connectivity index (χ1v) is 8.86. The summed E-state index contributed by atoms with van der Waals surface area (Å²) in [5, 5.41) is 3.02. The van der Waals surface area contributed by atoms with Crippen LogP contribution in [0.2, 0.25) is 0 Å². The highest BCUT2D eigenvalue weighted by atomic mass is 16.6. The lowest BCUT2D eigenvalue weighted by molar-refractivity contribution is -0.131. The molecular formula is C20H23NO5. The van der Waals surface area contributed by atoms with E-state index >= 15 is 0 Å². The summed E-state index contributed by atoms with van der Waals surface area (Å²) in [5.41, 5.74) is 0.582. The zero-order valence-electron chi connectivity index (χ0n) is 14.8. The minimum Gasteiger partial charge on any atom is -0.497 e. The molecule has 0 saturated heterocycles. The Labute approximate surface area is 152 Å². The molecule has 1 fully saturated rings. The standard InChI is InChI=1S/C20H23NO5/c1-24-16-11-9-14(10-12-16)18(26-20(23)17-8-5-13-25-17)19(22)21-15-6-3-2-4-7-15/h5,8-13,15,18H,2-4,6-7H2,1H3,(H,21,22)/t18-/m1/s1. The second-order valence-electron chi connectivity index (χ2n) is 6.38. The van der Waals surface area contributed by atoms with E-state index in [-0.39, 0.29) is 17.7 Å². The van der Waals surface area contributed by atoms with Crippen molar-refractivity contribution in [2.24, 2.45) is 0 Å². The van der Waals surface area contributed by atoms with Gasteiger partial charge in [-0.25, -0.2) is 4.79 Å². The lowest BCUT2D eigenvalue weighted by atomic mass is 9.95. The number of benzene rings is 1. The number of rotatable bonds is 6. The molecule has 0 aliphatic heterocycles. The monoisotopic (exact) mass is 357 g/mol. The molecule has 1 N–H and O–H groups in total. The molecule has 1 saturated carbocycles. The molecule has 0 spiro atoms. The van der Waals surface area contributed by atoms with Crippen LogP contribution in [0.5, 0.6) is 5.75 Å². The van der Waals surface area contributed by atoms with E-state index in [1.54, 1.807) is 37.4 Å². The van der Waals surface area contributed by atoms with Crippen molar-refractivity contribution in [3.63, 3.8) is 0 Å². The van der Waals surface area contributed by atoms with E-state index in [0.717, 1.165) is 25.7 Å². The molecule has 2 aromatic rings. The molecule has 1 amide bonds. The summed E-state index contributed by atoms with van der Waals surface area (Å²) >= 11 is 0. The van der Waals surface area contributed by atoms with Crippen molar-refractivity contribution in [2.45, 2.75) is 44.2 Å². The summed E-state index contributed by atoms with van der Waals surface area (Å²) < 4.78 is 15.7. The summed E-state index contributed by atoms with van der Waals surface area (Å²) in [6.07, 6.45) is 5.65. The van der Waals surface area contributed by atoms with Gasteiger partial charge in [0.2, 0.25) is 11.9 Å². The van der Waals surface area contributed by atoms with Gasteiger partial charge in [0.05, 0.1) is 13.4 Å². The molecule has 1 aromatic carbocycles. The van der Waals surface area contributed by atoms with Gasteiger partial charge in [0, 0.05) is 11.6 Å². The van der Waals surface area contributed by atoms with Crippen LogP contribution < -0.4 is 10.1 Å². The van der Waals surface area contributed by atoms with Gasteiger partial charge in [0.1, 0.15) is 5.75 Å². The fraction of sp³-hybridized carbons (Fsp3) is 0.400. The van der Waals surface area contributed by atoms with Gasteiger partial charge < -0.3 is 19.2 Å². The molecule has 1 aliphatic rings. The molecule has 0 radical (unpaired) electrons. The van der Waals surface area contributed by atoms with E-state index < -0.39 is 12.1 Å². The van der Waals surface area contributed by atoms with E-state index in [9.17, 15) is 9.59 Å². The van der Waals surface area contributed by atoms with Crippen molar-refractivity contribution >= 4 is 11.9 Å². The van der Waals surface area contributed by atoms with Gasteiger partial charge in [-0.2, -0.15) is 0 Å². The molecule has 1 aromatic heterocycles. The molecule has 3 rings (SSSR count). The van der Waals surface area contributed by atoms with Gasteiger partial charge in [-0.15, -0.1) is 0 Å². The maximum atomic E-state index is 12.8. The minimum atomic E-state index is -1.04. The average molecular weight is 357 g/mol. The van der Waals surface area contributed by atoms with E-state index in [2.05, 4.69) is 5.32 Å². The highest BCUT2D eigenvalue weighted by Gasteiger charge is 2.29. The lowest BCUT2D eigenvalue weighted by Gasteiger charge is -2.25. The quantitative estimate of drug-likeness (QED) is 0.799. The van der Waals surface area contributed by atoms with Crippen molar-refractivity contribution in [2.75, 3.05) is 7.11 Å². The van der Waals surface area contributed by atoms with Crippen LogP contribution >= 0.6 is 0 Å². The third-order valence-electron chi connectivity index (χ3n) is 4.56. The van der Waals surface area contributed by atoms with Gasteiger partial charge in [0.25, 0.3) is 5.91 Å². The topological polar surface area (TPSA) is 77.8 Å². The predicted octanol–water partition coefficient (Wildman–Crippen LogP) is 3.64. The van der Waals surface area contributed by atoms with E-state index in [1.165, 1.54) is 18.8 Å².